The van der Waals surface area contributed by atoms with Crippen molar-refractivity contribution in [2.45, 2.75) is 45.6 Å². The summed E-state index contributed by atoms with van der Waals surface area (Å²) < 4.78 is 0. The number of benzene rings is 1. The Balaban J connectivity index is 2.31. The number of hydrogen-bond donors (Lipinski definition) is 1. The van der Waals surface area contributed by atoms with Crippen molar-refractivity contribution >= 4 is 10.9 Å². The van der Waals surface area contributed by atoms with Crippen LogP contribution in [0.4, 0.5) is 0 Å². The maximum absolute atomic E-state index is 4.53. The standard InChI is InChI=1S/C16H23N3/c1-4-10-17-14(5-2)12(3)16-13-8-6-7-9-15(13)18-11-19-16/h6-9,11-12,14,17H,4-5,10H2,1-3H3. The molecule has 0 aliphatic heterocycles. The summed E-state index contributed by atoms with van der Waals surface area (Å²) >= 11 is 0. The van der Waals surface area contributed by atoms with E-state index in [1.165, 1.54) is 5.39 Å². The molecule has 1 aromatic heterocycles. The number of nitrogens with zero attached hydrogens (tertiary/aromatic N) is 2. The molecule has 19 heavy (non-hydrogen) atoms. The van der Waals surface area contributed by atoms with E-state index in [1.54, 1.807) is 6.33 Å². The van der Waals surface area contributed by atoms with Crippen LogP contribution in [-0.4, -0.2) is 22.6 Å². The van der Waals surface area contributed by atoms with Crippen LogP contribution in [0.3, 0.4) is 0 Å². The van der Waals surface area contributed by atoms with Crippen molar-refractivity contribution < 1.29 is 0 Å². The zero-order chi connectivity index (χ0) is 13.7. The molecule has 0 saturated heterocycles. The summed E-state index contributed by atoms with van der Waals surface area (Å²) in [6.07, 6.45) is 3.95. The Morgan fingerprint density at radius 3 is 2.68 bits per heavy atom. The molecule has 3 nitrogen and oxygen atoms in total. The fourth-order valence-electron chi connectivity index (χ4n) is 2.58. The first-order valence-corrected chi connectivity index (χ1v) is 7.21. The van der Waals surface area contributed by atoms with Gasteiger partial charge in [-0.15, -0.1) is 0 Å². The molecule has 2 atom stereocenters. The van der Waals surface area contributed by atoms with Crippen molar-refractivity contribution in [3.63, 3.8) is 0 Å². The lowest BCUT2D eigenvalue weighted by atomic mass is 9.93. The second-order valence-electron chi connectivity index (χ2n) is 5.03. The molecular weight excluding hydrogens is 234 g/mol. The highest BCUT2D eigenvalue weighted by molar-refractivity contribution is 5.81. The Bertz CT molecular complexity index is 519. The third kappa shape index (κ3) is 3.10. The van der Waals surface area contributed by atoms with Crippen LogP contribution in [0.1, 0.15) is 45.2 Å². The van der Waals surface area contributed by atoms with E-state index in [0.717, 1.165) is 30.6 Å². The number of aromatic nitrogens is 2. The van der Waals surface area contributed by atoms with Crippen molar-refractivity contribution in [2.24, 2.45) is 0 Å². The van der Waals surface area contributed by atoms with Crippen LogP contribution < -0.4 is 5.32 Å². The smallest absolute Gasteiger partial charge is 0.116 e. The highest BCUT2D eigenvalue weighted by Crippen LogP contribution is 2.25. The van der Waals surface area contributed by atoms with Crippen molar-refractivity contribution in [2.75, 3.05) is 6.54 Å². The van der Waals surface area contributed by atoms with Crippen LogP contribution in [0.15, 0.2) is 30.6 Å². The monoisotopic (exact) mass is 257 g/mol. The first kappa shape index (κ1) is 13.9. The molecule has 2 rings (SSSR count). The van der Waals surface area contributed by atoms with E-state index in [2.05, 4.69) is 48.2 Å². The molecule has 102 valence electrons. The zero-order valence-corrected chi connectivity index (χ0v) is 12.1. The summed E-state index contributed by atoms with van der Waals surface area (Å²) in [5.74, 6) is 0.393. The minimum absolute atomic E-state index is 0.393. The molecule has 1 N–H and O–H groups in total. The van der Waals surface area contributed by atoms with Crippen LogP contribution >= 0.6 is 0 Å². The van der Waals surface area contributed by atoms with Gasteiger partial charge in [0.25, 0.3) is 0 Å². The van der Waals surface area contributed by atoms with Gasteiger partial charge in [0.05, 0.1) is 11.2 Å². The Morgan fingerprint density at radius 2 is 1.95 bits per heavy atom. The molecule has 0 fully saturated rings. The van der Waals surface area contributed by atoms with E-state index in [1.807, 2.05) is 12.1 Å². The number of nitrogens with one attached hydrogen (secondary N) is 1. The molecular formula is C16H23N3. The van der Waals surface area contributed by atoms with Crippen molar-refractivity contribution in [1.82, 2.24) is 15.3 Å². The van der Waals surface area contributed by atoms with E-state index >= 15 is 0 Å². The van der Waals surface area contributed by atoms with Gasteiger partial charge in [0.2, 0.25) is 0 Å². The Kier molecular flexibility index (Phi) is 4.86. The first-order valence-electron chi connectivity index (χ1n) is 7.21. The van der Waals surface area contributed by atoms with E-state index in [-0.39, 0.29) is 0 Å². The van der Waals surface area contributed by atoms with E-state index in [4.69, 9.17) is 0 Å². The highest BCUT2D eigenvalue weighted by Gasteiger charge is 2.19. The maximum atomic E-state index is 4.53. The van der Waals surface area contributed by atoms with Crippen molar-refractivity contribution in [3.8, 4) is 0 Å². The van der Waals surface area contributed by atoms with Gasteiger partial charge < -0.3 is 5.32 Å². The summed E-state index contributed by atoms with van der Waals surface area (Å²) in [6, 6.07) is 8.72. The molecule has 2 unspecified atom stereocenters. The van der Waals surface area contributed by atoms with E-state index < -0.39 is 0 Å². The predicted molar refractivity (Wildman–Crippen MR) is 80.3 cm³/mol. The molecule has 0 radical (unpaired) electrons. The lowest BCUT2D eigenvalue weighted by molar-refractivity contribution is 0.434. The summed E-state index contributed by atoms with van der Waals surface area (Å²) in [5, 5.41) is 4.80. The van der Waals surface area contributed by atoms with Crippen molar-refractivity contribution in [1.29, 1.82) is 0 Å². The van der Waals surface area contributed by atoms with Gasteiger partial charge in [-0.25, -0.2) is 9.97 Å². The van der Waals surface area contributed by atoms with Crippen LogP contribution in [0.5, 0.6) is 0 Å². The normalized spacial score (nSPS) is 14.5. The second kappa shape index (κ2) is 6.62. The zero-order valence-electron chi connectivity index (χ0n) is 12.1. The van der Waals surface area contributed by atoms with E-state index in [9.17, 15) is 0 Å². The van der Waals surface area contributed by atoms with Crippen LogP contribution in [0.2, 0.25) is 0 Å². The van der Waals surface area contributed by atoms with Gasteiger partial charge in [-0.05, 0) is 25.5 Å². The highest BCUT2D eigenvalue weighted by atomic mass is 14.9. The fourth-order valence-corrected chi connectivity index (χ4v) is 2.58. The molecule has 2 aromatic rings. The summed E-state index contributed by atoms with van der Waals surface area (Å²) in [7, 11) is 0. The van der Waals surface area contributed by atoms with Gasteiger partial charge in [0, 0.05) is 17.3 Å². The molecule has 1 aromatic carbocycles. The predicted octanol–water partition coefficient (Wildman–Crippen LogP) is 3.51. The molecule has 0 aliphatic rings. The molecule has 0 saturated carbocycles. The van der Waals surface area contributed by atoms with Crippen LogP contribution in [0.25, 0.3) is 10.9 Å². The summed E-state index contributed by atoms with van der Waals surface area (Å²) in [4.78, 5) is 8.87. The number of hydrogen-bond acceptors (Lipinski definition) is 3. The van der Waals surface area contributed by atoms with Crippen molar-refractivity contribution in [3.05, 3.63) is 36.3 Å². The largest absolute Gasteiger partial charge is 0.313 e. The molecule has 3 heteroatoms. The van der Waals surface area contributed by atoms with Gasteiger partial charge >= 0.3 is 0 Å². The minimum atomic E-state index is 0.393. The molecule has 1 heterocycles. The Morgan fingerprint density at radius 1 is 1.16 bits per heavy atom. The lowest BCUT2D eigenvalue weighted by Crippen LogP contribution is -2.34. The Hall–Kier alpha value is -1.48. The van der Waals surface area contributed by atoms with Gasteiger partial charge in [-0.2, -0.15) is 0 Å². The SMILES string of the molecule is CCCNC(CC)C(C)c1ncnc2ccccc12. The Labute approximate surface area is 115 Å². The van der Waals surface area contributed by atoms with Gasteiger partial charge in [0.1, 0.15) is 6.33 Å². The number of fused-ring (bicyclic) bond motifs is 1. The first-order chi connectivity index (χ1) is 9.27. The van der Waals surface area contributed by atoms with Gasteiger partial charge in [0.15, 0.2) is 0 Å². The average Bonchev–Trinajstić information content (AvgIpc) is 2.47. The topological polar surface area (TPSA) is 37.8 Å². The number of para-hydroxylation sites is 1. The third-order valence-electron chi connectivity index (χ3n) is 3.70. The lowest BCUT2D eigenvalue weighted by Gasteiger charge is -2.24. The molecule has 0 amide bonds. The fraction of sp³-hybridized carbons (Fsp3) is 0.500. The quantitative estimate of drug-likeness (QED) is 0.860. The molecule has 0 aliphatic carbocycles. The minimum Gasteiger partial charge on any atom is -0.313 e. The van der Waals surface area contributed by atoms with Gasteiger partial charge in [-0.3, -0.25) is 0 Å². The molecule has 0 spiro atoms. The summed E-state index contributed by atoms with van der Waals surface area (Å²) in [6.45, 7) is 7.75. The molecule has 0 bridgehead atoms. The van der Waals surface area contributed by atoms with Crippen LogP contribution in [0, 0.1) is 0 Å². The number of rotatable bonds is 6. The average molecular weight is 257 g/mol. The maximum Gasteiger partial charge on any atom is 0.116 e. The second-order valence-corrected chi connectivity index (χ2v) is 5.03. The van der Waals surface area contributed by atoms with E-state index in [0.29, 0.717) is 12.0 Å². The third-order valence-corrected chi connectivity index (χ3v) is 3.70. The van der Waals surface area contributed by atoms with Gasteiger partial charge in [-0.1, -0.05) is 39.0 Å². The summed E-state index contributed by atoms with van der Waals surface area (Å²) in [5.41, 5.74) is 2.19. The van der Waals surface area contributed by atoms with Crippen LogP contribution in [-0.2, 0) is 0 Å².